The summed E-state index contributed by atoms with van der Waals surface area (Å²) in [5.74, 6) is 0.576. The summed E-state index contributed by atoms with van der Waals surface area (Å²) < 4.78 is 0. The Kier molecular flexibility index (Phi) is 5.78. The van der Waals surface area contributed by atoms with Crippen molar-refractivity contribution in [2.24, 2.45) is 0 Å². The molecule has 0 aromatic carbocycles. The van der Waals surface area contributed by atoms with Crippen LogP contribution in [0.4, 0.5) is 5.82 Å². The maximum atomic E-state index is 5.63. The average Bonchev–Trinajstić information content (AvgIpc) is 2.87. The molecule has 4 nitrogen and oxygen atoms in total. The summed E-state index contributed by atoms with van der Waals surface area (Å²) in [6, 6.07) is 0. The second-order valence-electron chi connectivity index (χ2n) is 3.86. The van der Waals surface area contributed by atoms with E-state index in [1.54, 1.807) is 6.20 Å². The second kappa shape index (κ2) is 7.17. The van der Waals surface area contributed by atoms with Gasteiger partial charge < -0.3 is 11.1 Å². The Balaban J connectivity index is 0.000000212. The van der Waals surface area contributed by atoms with Crippen molar-refractivity contribution in [3.63, 3.8) is 0 Å². The molecule has 16 heavy (non-hydrogen) atoms. The van der Waals surface area contributed by atoms with Crippen LogP contribution < -0.4 is 11.1 Å². The van der Waals surface area contributed by atoms with Crippen molar-refractivity contribution >= 4 is 5.82 Å². The van der Waals surface area contributed by atoms with Crippen LogP contribution in [0.3, 0.4) is 0 Å². The van der Waals surface area contributed by atoms with Crippen molar-refractivity contribution < 1.29 is 0 Å². The number of hydrogen-bond acceptors (Lipinski definition) is 4. The fraction of sp³-hybridized carbons (Fsp3) is 0.667. The summed E-state index contributed by atoms with van der Waals surface area (Å²) in [6.45, 7) is 6.56. The number of rotatable bonds is 2. The average molecular weight is 222 g/mol. The van der Waals surface area contributed by atoms with Crippen LogP contribution >= 0.6 is 0 Å². The molecule has 1 saturated heterocycles. The molecule has 0 unspecified atom stereocenters. The smallest absolute Gasteiger partial charge is 0.145 e. The highest BCUT2D eigenvalue weighted by Gasteiger charge is 1.99. The minimum absolute atomic E-state index is 0.576. The van der Waals surface area contributed by atoms with E-state index in [0.29, 0.717) is 5.82 Å². The molecule has 1 aromatic heterocycles. The Bertz CT molecular complexity index is 300. The van der Waals surface area contributed by atoms with Crippen molar-refractivity contribution in [1.82, 2.24) is 15.3 Å². The van der Waals surface area contributed by atoms with E-state index in [1.807, 2.05) is 13.8 Å². The lowest BCUT2D eigenvalue weighted by Gasteiger charge is -2.01. The quantitative estimate of drug-likeness (QED) is 0.797. The first-order valence-corrected chi connectivity index (χ1v) is 6.08. The van der Waals surface area contributed by atoms with Crippen LogP contribution in [0, 0.1) is 0 Å². The van der Waals surface area contributed by atoms with E-state index in [2.05, 4.69) is 15.3 Å². The Hall–Kier alpha value is -1.16. The minimum Gasteiger partial charge on any atom is -0.382 e. The minimum atomic E-state index is 0.576. The number of hydrogen-bond donors (Lipinski definition) is 2. The lowest BCUT2D eigenvalue weighted by Crippen LogP contribution is -2.03. The van der Waals surface area contributed by atoms with Crippen LogP contribution in [0.15, 0.2) is 6.20 Å². The van der Waals surface area contributed by atoms with Crippen LogP contribution in [0.25, 0.3) is 0 Å². The van der Waals surface area contributed by atoms with Gasteiger partial charge in [-0.05, 0) is 38.8 Å². The van der Waals surface area contributed by atoms with Gasteiger partial charge in [0.05, 0.1) is 11.4 Å². The number of nitrogens with one attached hydrogen (secondary N) is 1. The standard InChI is InChI=1S/C8H13N3.C4H9N/c1-3-6-5-10-7(4-2)8(9)11-6;1-2-4-5-3-1/h5H,3-4H2,1-2H3,(H2,9,11);5H,1-4H2. The highest BCUT2D eigenvalue weighted by Crippen LogP contribution is 2.06. The van der Waals surface area contributed by atoms with Crippen LogP contribution in [0.2, 0.25) is 0 Å². The molecule has 2 rings (SSSR count). The van der Waals surface area contributed by atoms with Gasteiger partial charge in [0, 0.05) is 6.20 Å². The van der Waals surface area contributed by atoms with Crippen molar-refractivity contribution in [1.29, 1.82) is 0 Å². The van der Waals surface area contributed by atoms with Crippen molar-refractivity contribution in [3.05, 3.63) is 17.6 Å². The van der Waals surface area contributed by atoms with Gasteiger partial charge >= 0.3 is 0 Å². The number of nitrogens with zero attached hydrogens (tertiary/aromatic N) is 2. The maximum absolute atomic E-state index is 5.63. The molecule has 4 heteroatoms. The Labute approximate surface area is 97.7 Å². The van der Waals surface area contributed by atoms with Gasteiger partial charge in [0.1, 0.15) is 5.82 Å². The largest absolute Gasteiger partial charge is 0.382 e. The number of aryl methyl sites for hydroxylation is 2. The van der Waals surface area contributed by atoms with Gasteiger partial charge in [-0.1, -0.05) is 13.8 Å². The second-order valence-corrected chi connectivity index (χ2v) is 3.86. The van der Waals surface area contributed by atoms with E-state index in [4.69, 9.17) is 5.73 Å². The normalized spacial score (nSPS) is 14.4. The molecule has 1 aliphatic rings. The van der Waals surface area contributed by atoms with Crippen LogP contribution in [0.5, 0.6) is 0 Å². The van der Waals surface area contributed by atoms with Crippen molar-refractivity contribution in [2.45, 2.75) is 39.5 Å². The maximum Gasteiger partial charge on any atom is 0.145 e. The summed E-state index contributed by atoms with van der Waals surface area (Å²) in [6.07, 6.45) is 6.30. The van der Waals surface area contributed by atoms with Gasteiger partial charge in [0.25, 0.3) is 0 Å². The number of anilines is 1. The van der Waals surface area contributed by atoms with E-state index < -0.39 is 0 Å². The molecule has 0 saturated carbocycles. The topological polar surface area (TPSA) is 63.8 Å². The van der Waals surface area contributed by atoms with Gasteiger partial charge in [-0.15, -0.1) is 0 Å². The molecule has 0 spiro atoms. The van der Waals surface area contributed by atoms with Crippen LogP contribution in [-0.2, 0) is 12.8 Å². The zero-order valence-corrected chi connectivity index (χ0v) is 10.3. The molecule has 0 radical (unpaired) electrons. The number of nitrogens with two attached hydrogens (primary N) is 1. The van der Waals surface area contributed by atoms with Gasteiger partial charge in [0.2, 0.25) is 0 Å². The molecule has 1 fully saturated rings. The third-order valence-electron chi connectivity index (χ3n) is 2.58. The van der Waals surface area contributed by atoms with E-state index in [9.17, 15) is 0 Å². The molecule has 0 atom stereocenters. The lowest BCUT2D eigenvalue weighted by atomic mass is 10.3. The first-order valence-electron chi connectivity index (χ1n) is 6.08. The Morgan fingerprint density at radius 3 is 2.31 bits per heavy atom. The van der Waals surface area contributed by atoms with Gasteiger partial charge in [0.15, 0.2) is 0 Å². The Morgan fingerprint density at radius 2 is 1.94 bits per heavy atom. The highest BCUT2D eigenvalue weighted by molar-refractivity contribution is 5.34. The summed E-state index contributed by atoms with van der Waals surface area (Å²) in [4.78, 5) is 8.36. The summed E-state index contributed by atoms with van der Waals surface area (Å²) >= 11 is 0. The van der Waals surface area contributed by atoms with Crippen molar-refractivity contribution in [2.75, 3.05) is 18.8 Å². The van der Waals surface area contributed by atoms with E-state index in [0.717, 1.165) is 24.2 Å². The van der Waals surface area contributed by atoms with E-state index >= 15 is 0 Å². The Morgan fingerprint density at radius 1 is 1.25 bits per heavy atom. The predicted molar refractivity (Wildman–Crippen MR) is 67.3 cm³/mol. The fourth-order valence-electron chi connectivity index (χ4n) is 1.53. The molecule has 90 valence electrons. The first-order chi connectivity index (χ1) is 7.77. The number of nitrogen functional groups attached to an aromatic ring is 1. The summed E-state index contributed by atoms with van der Waals surface area (Å²) in [5, 5.41) is 3.22. The molecule has 0 amide bonds. The monoisotopic (exact) mass is 222 g/mol. The molecular formula is C12H22N4. The highest BCUT2D eigenvalue weighted by atomic mass is 14.9. The lowest BCUT2D eigenvalue weighted by molar-refractivity contribution is 0.857. The van der Waals surface area contributed by atoms with Gasteiger partial charge in [-0.25, -0.2) is 4.98 Å². The van der Waals surface area contributed by atoms with Gasteiger partial charge in [-0.3, -0.25) is 4.98 Å². The van der Waals surface area contributed by atoms with E-state index in [-0.39, 0.29) is 0 Å². The molecule has 0 aliphatic carbocycles. The predicted octanol–water partition coefficient (Wildman–Crippen LogP) is 1.55. The third kappa shape index (κ3) is 4.14. The first kappa shape index (κ1) is 12.9. The molecule has 2 heterocycles. The molecule has 1 aliphatic heterocycles. The summed E-state index contributed by atoms with van der Waals surface area (Å²) in [5.41, 5.74) is 7.48. The SMILES string of the molecule is C1CCNC1.CCc1cnc(CC)c(N)n1. The molecular weight excluding hydrogens is 200 g/mol. The van der Waals surface area contributed by atoms with E-state index in [1.165, 1.54) is 25.9 Å². The molecule has 3 N–H and O–H groups in total. The van der Waals surface area contributed by atoms with Crippen molar-refractivity contribution in [3.8, 4) is 0 Å². The zero-order chi connectivity index (χ0) is 11.8. The third-order valence-corrected chi connectivity index (χ3v) is 2.58. The fourth-order valence-corrected chi connectivity index (χ4v) is 1.53. The van der Waals surface area contributed by atoms with Gasteiger partial charge in [-0.2, -0.15) is 0 Å². The van der Waals surface area contributed by atoms with Crippen LogP contribution in [-0.4, -0.2) is 23.1 Å². The zero-order valence-electron chi connectivity index (χ0n) is 10.3. The number of aromatic nitrogens is 2. The molecule has 1 aromatic rings. The van der Waals surface area contributed by atoms with Crippen LogP contribution in [0.1, 0.15) is 38.1 Å². The summed E-state index contributed by atoms with van der Waals surface area (Å²) in [7, 11) is 0. The molecule has 0 bridgehead atoms.